The largest absolute Gasteiger partial charge is 0.379 e. The van der Waals surface area contributed by atoms with Crippen molar-refractivity contribution in [2.45, 2.75) is 5.75 Å². The first-order chi connectivity index (χ1) is 9.56. The number of nitrogens with two attached hydrogens (primary N) is 1. The molecule has 5 heteroatoms. The fourth-order valence-electron chi connectivity index (χ4n) is 1.68. The van der Waals surface area contributed by atoms with Crippen LogP contribution in [0.15, 0.2) is 48.5 Å². The van der Waals surface area contributed by atoms with Gasteiger partial charge < -0.3 is 5.73 Å². The number of hydrogen-bond donors (Lipinski definition) is 2. The van der Waals surface area contributed by atoms with Crippen molar-refractivity contribution in [3.05, 3.63) is 70.2 Å². The van der Waals surface area contributed by atoms with E-state index < -0.39 is 0 Å². The molecule has 102 valence electrons. The molecule has 3 N–H and O–H groups in total. The third kappa shape index (κ3) is 3.85. The van der Waals surface area contributed by atoms with Gasteiger partial charge in [-0.2, -0.15) is 0 Å². The highest BCUT2D eigenvalue weighted by Gasteiger charge is 2.08. The van der Waals surface area contributed by atoms with Gasteiger partial charge in [0, 0.05) is 21.9 Å². The number of rotatable bonds is 4. The average molecular weight is 305 g/mol. The smallest absolute Gasteiger partial charge is 0.193 e. The summed E-state index contributed by atoms with van der Waals surface area (Å²) in [5, 5.41) is 7.86. The van der Waals surface area contributed by atoms with Gasteiger partial charge in [0.25, 0.3) is 0 Å². The van der Waals surface area contributed by atoms with E-state index in [0.29, 0.717) is 21.9 Å². The van der Waals surface area contributed by atoms with Crippen LogP contribution in [0.5, 0.6) is 0 Å². The minimum Gasteiger partial charge on any atom is -0.379 e. The summed E-state index contributed by atoms with van der Waals surface area (Å²) in [5.74, 6) is 0.595. The fraction of sp³-hybridized carbons (Fsp3) is 0.0667. The first kappa shape index (κ1) is 14.6. The lowest BCUT2D eigenvalue weighted by atomic mass is 10.0. The zero-order valence-corrected chi connectivity index (χ0v) is 12.2. The number of benzene rings is 2. The number of thioether (sulfide) groups is 1. The molecule has 0 aromatic heterocycles. The van der Waals surface area contributed by atoms with E-state index in [2.05, 4.69) is 0 Å². The molecule has 0 aliphatic rings. The van der Waals surface area contributed by atoms with Gasteiger partial charge in [-0.05, 0) is 29.8 Å². The Labute approximate surface area is 126 Å². The molecule has 0 heterocycles. The van der Waals surface area contributed by atoms with Crippen molar-refractivity contribution in [1.29, 1.82) is 5.41 Å². The van der Waals surface area contributed by atoms with Crippen LogP contribution in [0.3, 0.4) is 0 Å². The highest BCUT2D eigenvalue weighted by molar-refractivity contribution is 8.13. The maximum Gasteiger partial charge on any atom is 0.193 e. The summed E-state index contributed by atoms with van der Waals surface area (Å²) in [6.45, 7) is 0. The van der Waals surface area contributed by atoms with Crippen molar-refractivity contribution in [3.8, 4) is 0 Å². The molecule has 3 nitrogen and oxygen atoms in total. The van der Waals surface area contributed by atoms with Crippen LogP contribution in [-0.4, -0.2) is 11.0 Å². The highest BCUT2D eigenvalue weighted by atomic mass is 35.5. The number of hydrogen-bond acceptors (Lipinski definition) is 3. The molecule has 20 heavy (non-hydrogen) atoms. The summed E-state index contributed by atoms with van der Waals surface area (Å²) >= 11 is 7.06. The second-order valence-corrected chi connectivity index (χ2v) is 5.64. The zero-order valence-electron chi connectivity index (χ0n) is 10.6. The molecular weight excluding hydrogens is 292 g/mol. The quantitative estimate of drug-likeness (QED) is 0.514. The Morgan fingerprint density at radius 2 is 1.55 bits per heavy atom. The molecule has 0 atom stereocenters. The van der Waals surface area contributed by atoms with Crippen LogP contribution < -0.4 is 5.73 Å². The number of carbonyl (C=O) groups excluding carboxylic acids is 1. The molecule has 0 spiro atoms. The molecule has 2 aromatic carbocycles. The van der Waals surface area contributed by atoms with Crippen LogP contribution in [0.25, 0.3) is 0 Å². The van der Waals surface area contributed by atoms with Gasteiger partial charge in [-0.15, -0.1) is 0 Å². The van der Waals surface area contributed by atoms with Gasteiger partial charge in [-0.25, -0.2) is 0 Å². The van der Waals surface area contributed by atoms with E-state index in [1.807, 2.05) is 12.1 Å². The summed E-state index contributed by atoms with van der Waals surface area (Å²) in [4.78, 5) is 12.2. The SMILES string of the molecule is N=C(N)SCc1ccc(C(=O)c2ccc(Cl)cc2)cc1. The van der Waals surface area contributed by atoms with Gasteiger partial charge in [0.15, 0.2) is 11.0 Å². The van der Waals surface area contributed by atoms with Crippen molar-refractivity contribution in [1.82, 2.24) is 0 Å². The summed E-state index contributed by atoms with van der Waals surface area (Å²) in [6.07, 6.45) is 0. The fourth-order valence-corrected chi connectivity index (χ4v) is 2.32. The number of ketones is 1. The third-order valence-electron chi connectivity index (χ3n) is 2.72. The van der Waals surface area contributed by atoms with Crippen LogP contribution in [0, 0.1) is 5.41 Å². The van der Waals surface area contributed by atoms with Gasteiger partial charge in [0.2, 0.25) is 0 Å². The van der Waals surface area contributed by atoms with E-state index in [-0.39, 0.29) is 11.0 Å². The topological polar surface area (TPSA) is 66.9 Å². The minimum atomic E-state index is -0.0348. The van der Waals surface area contributed by atoms with Crippen LogP contribution >= 0.6 is 23.4 Å². The molecule has 0 radical (unpaired) electrons. The normalized spacial score (nSPS) is 10.2. The lowest BCUT2D eigenvalue weighted by molar-refractivity contribution is 0.103. The van der Waals surface area contributed by atoms with E-state index in [1.54, 1.807) is 36.4 Å². The van der Waals surface area contributed by atoms with E-state index in [4.69, 9.17) is 22.7 Å². The van der Waals surface area contributed by atoms with E-state index in [1.165, 1.54) is 11.8 Å². The average Bonchev–Trinajstić information content (AvgIpc) is 2.46. The van der Waals surface area contributed by atoms with Gasteiger partial charge in [0.05, 0.1) is 0 Å². The number of amidine groups is 1. The molecule has 2 aromatic rings. The van der Waals surface area contributed by atoms with Crippen LogP contribution in [0.4, 0.5) is 0 Å². The summed E-state index contributed by atoms with van der Waals surface area (Å²) in [6, 6.07) is 14.1. The zero-order chi connectivity index (χ0) is 14.5. The van der Waals surface area contributed by atoms with E-state index >= 15 is 0 Å². The van der Waals surface area contributed by atoms with Gasteiger partial charge >= 0.3 is 0 Å². The number of nitrogens with one attached hydrogen (secondary N) is 1. The second-order valence-electron chi connectivity index (χ2n) is 4.19. The molecule has 0 amide bonds. The predicted octanol–water partition coefficient (Wildman–Crippen LogP) is 3.70. The standard InChI is InChI=1S/C15H13ClN2OS/c16-13-7-5-12(6-8-13)14(19)11-3-1-10(2-4-11)9-20-15(17)18/h1-8H,9H2,(H3,17,18). The Bertz CT molecular complexity index is 623. The number of carbonyl (C=O) groups is 1. The van der Waals surface area contributed by atoms with Crippen molar-refractivity contribution >= 4 is 34.3 Å². The first-order valence-corrected chi connectivity index (χ1v) is 7.28. The Hall–Kier alpha value is -1.78. The molecule has 0 saturated heterocycles. The van der Waals surface area contributed by atoms with Crippen LogP contribution in [-0.2, 0) is 5.75 Å². The summed E-state index contributed by atoms with van der Waals surface area (Å²) in [7, 11) is 0. The monoisotopic (exact) mass is 304 g/mol. The van der Waals surface area contributed by atoms with Crippen LogP contribution in [0.2, 0.25) is 5.02 Å². The molecule has 0 fully saturated rings. The Kier molecular flexibility index (Phi) is 4.82. The van der Waals surface area contributed by atoms with Crippen molar-refractivity contribution < 1.29 is 4.79 Å². The Morgan fingerprint density at radius 1 is 1.05 bits per heavy atom. The Balaban J connectivity index is 2.11. The maximum absolute atomic E-state index is 12.2. The van der Waals surface area contributed by atoms with E-state index in [0.717, 1.165) is 5.56 Å². The summed E-state index contributed by atoms with van der Waals surface area (Å²) in [5.41, 5.74) is 7.55. The first-order valence-electron chi connectivity index (χ1n) is 5.92. The molecule has 2 rings (SSSR count). The maximum atomic E-state index is 12.2. The van der Waals surface area contributed by atoms with Crippen molar-refractivity contribution in [2.24, 2.45) is 5.73 Å². The van der Waals surface area contributed by atoms with Crippen molar-refractivity contribution in [2.75, 3.05) is 0 Å². The lowest BCUT2D eigenvalue weighted by Gasteiger charge is -2.04. The molecule has 0 unspecified atom stereocenters. The number of halogens is 1. The van der Waals surface area contributed by atoms with E-state index in [9.17, 15) is 4.79 Å². The van der Waals surface area contributed by atoms with Gasteiger partial charge in [-0.3, -0.25) is 10.2 Å². The second kappa shape index (κ2) is 6.59. The van der Waals surface area contributed by atoms with Gasteiger partial charge in [0.1, 0.15) is 0 Å². The third-order valence-corrected chi connectivity index (χ3v) is 3.76. The van der Waals surface area contributed by atoms with Gasteiger partial charge in [-0.1, -0.05) is 47.6 Å². The van der Waals surface area contributed by atoms with Crippen molar-refractivity contribution in [3.63, 3.8) is 0 Å². The minimum absolute atomic E-state index is 0.0348. The molecule has 0 aliphatic heterocycles. The predicted molar refractivity (Wildman–Crippen MR) is 84.5 cm³/mol. The molecule has 0 saturated carbocycles. The highest BCUT2D eigenvalue weighted by Crippen LogP contribution is 2.16. The molecule has 0 aliphatic carbocycles. The Morgan fingerprint density at radius 3 is 2.05 bits per heavy atom. The summed E-state index contributed by atoms with van der Waals surface area (Å²) < 4.78 is 0. The molecule has 0 bridgehead atoms. The van der Waals surface area contributed by atoms with Crippen LogP contribution in [0.1, 0.15) is 21.5 Å². The molecular formula is C15H13ClN2OS. The lowest BCUT2D eigenvalue weighted by Crippen LogP contribution is -2.04.